The molecule has 0 spiro atoms. The zero-order chi connectivity index (χ0) is 19.8. The maximum atomic E-state index is 12.5. The molecule has 1 N–H and O–H groups in total. The van der Waals surface area contributed by atoms with Crippen molar-refractivity contribution in [3.05, 3.63) is 29.8 Å². The summed E-state index contributed by atoms with van der Waals surface area (Å²) < 4.78 is 10.2. The zero-order valence-electron chi connectivity index (χ0n) is 15.5. The zero-order valence-corrected chi connectivity index (χ0v) is 15.5. The number of carbonyl (C=O) groups excluding carboxylic acids is 4. The van der Waals surface area contributed by atoms with E-state index in [0.29, 0.717) is 11.3 Å². The molecule has 3 rings (SSSR count). The molecule has 1 saturated carbocycles. The first kappa shape index (κ1) is 18.9. The molecule has 27 heavy (non-hydrogen) atoms. The fourth-order valence-electron chi connectivity index (χ4n) is 3.20. The van der Waals surface area contributed by atoms with Gasteiger partial charge in [-0.2, -0.15) is 0 Å². The quantitative estimate of drug-likeness (QED) is 0.441. The molecule has 1 saturated heterocycles. The standard InChI is InChI=1S/C19H22N2O6/c1-11(16(23)12-4-8-14(26-3)9-5-12)27-15(22)10-21-17(24)19(2,13-6-7-13)20-18(21)25/h4-5,8-9,11,13H,6-7,10H2,1-3H3,(H,20,25)/t11-,19+/m1/s1. The normalized spacial score (nSPS) is 23.0. The van der Waals surface area contributed by atoms with E-state index in [2.05, 4.69) is 5.32 Å². The summed E-state index contributed by atoms with van der Waals surface area (Å²) in [6, 6.07) is 5.80. The number of ether oxygens (including phenoxy) is 2. The van der Waals surface area contributed by atoms with Crippen molar-refractivity contribution in [2.75, 3.05) is 13.7 Å². The molecule has 0 bridgehead atoms. The number of urea groups is 1. The Hall–Kier alpha value is -2.90. The number of nitrogens with zero attached hydrogens (tertiary/aromatic N) is 1. The van der Waals surface area contributed by atoms with E-state index in [1.54, 1.807) is 31.2 Å². The molecule has 144 valence electrons. The van der Waals surface area contributed by atoms with Crippen LogP contribution in [0.25, 0.3) is 0 Å². The highest BCUT2D eigenvalue weighted by Crippen LogP contribution is 2.42. The highest BCUT2D eigenvalue weighted by atomic mass is 16.5. The first-order valence-corrected chi connectivity index (χ1v) is 8.78. The van der Waals surface area contributed by atoms with Gasteiger partial charge in [0.1, 0.15) is 17.8 Å². The number of imide groups is 1. The van der Waals surface area contributed by atoms with Crippen LogP contribution in [0.15, 0.2) is 24.3 Å². The number of ketones is 1. The molecule has 1 aliphatic carbocycles. The number of methoxy groups -OCH3 is 1. The van der Waals surface area contributed by atoms with Gasteiger partial charge in [-0.1, -0.05) is 0 Å². The van der Waals surface area contributed by atoms with E-state index in [-0.39, 0.29) is 11.7 Å². The number of esters is 1. The number of amides is 3. The van der Waals surface area contributed by atoms with Gasteiger partial charge in [0, 0.05) is 5.56 Å². The van der Waals surface area contributed by atoms with Gasteiger partial charge in [0.25, 0.3) is 5.91 Å². The molecule has 2 aliphatic rings. The van der Waals surface area contributed by atoms with Crippen molar-refractivity contribution in [3.63, 3.8) is 0 Å². The lowest BCUT2D eigenvalue weighted by Gasteiger charge is -2.21. The third-order valence-electron chi connectivity index (χ3n) is 5.03. The monoisotopic (exact) mass is 374 g/mol. The van der Waals surface area contributed by atoms with Gasteiger partial charge in [-0.05, 0) is 56.9 Å². The van der Waals surface area contributed by atoms with Crippen molar-refractivity contribution in [2.45, 2.75) is 38.3 Å². The van der Waals surface area contributed by atoms with Crippen molar-refractivity contribution < 1.29 is 28.7 Å². The summed E-state index contributed by atoms with van der Waals surface area (Å²) in [7, 11) is 1.52. The fraction of sp³-hybridized carbons (Fsp3) is 0.474. The average molecular weight is 374 g/mol. The topological polar surface area (TPSA) is 102 Å². The van der Waals surface area contributed by atoms with E-state index in [9.17, 15) is 19.2 Å². The van der Waals surface area contributed by atoms with Crippen molar-refractivity contribution in [2.24, 2.45) is 5.92 Å². The minimum atomic E-state index is -1.04. The Kier molecular flexibility index (Phi) is 4.91. The minimum Gasteiger partial charge on any atom is -0.497 e. The van der Waals surface area contributed by atoms with Crippen LogP contribution in [-0.2, 0) is 14.3 Å². The highest BCUT2D eigenvalue weighted by molar-refractivity contribution is 6.09. The summed E-state index contributed by atoms with van der Waals surface area (Å²) in [4.78, 5) is 50.0. The number of nitrogens with one attached hydrogen (secondary N) is 1. The lowest BCUT2D eigenvalue weighted by molar-refractivity contribution is -0.150. The molecular formula is C19H22N2O6. The second kappa shape index (κ2) is 7.02. The van der Waals surface area contributed by atoms with Crippen LogP contribution in [-0.4, -0.2) is 53.9 Å². The molecule has 2 atom stereocenters. The molecule has 8 nitrogen and oxygen atoms in total. The van der Waals surface area contributed by atoms with Crippen LogP contribution in [0.5, 0.6) is 5.75 Å². The van der Waals surface area contributed by atoms with Gasteiger partial charge in [-0.3, -0.25) is 19.3 Å². The largest absolute Gasteiger partial charge is 0.497 e. The summed E-state index contributed by atoms with van der Waals surface area (Å²) in [6.45, 7) is 2.60. The predicted molar refractivity (Wildman–Crippen MR) is 94.3 cm³/mol. The van der Waals surface area contributed by atoms with E-state index in [1.807, 2.05) is 0 Å². The van der Waals surface area contributed by atoms with Gasteiger partial charge >= 0.3 is 12.0 Å². The number of rotatable bonds is 7. The van der Waals surface area contributed by atoms with Crippen LogP contribution in [0, 0.1) is 5.92 Å². The maximum absolute atomic E-state index is 12.5. The third kappa shape index (κ3) is 3.65. The van der Waals surface area contributed by atoms with Crippen LogP contribution < -0.4 is 10.1 Å². The smallest absolute Gasteiger partial charge is 0.326 e. The molecule has 1 aromatic carbocycles. The second-order valence-corrected chi connectivity index (χ2v) is 7.02. The van der Waals surface area contributed by atoms with E-state index in [1.165, 1.54) is 14.0 Å². The highest BCUT2D eigenvalue weighted by Gasteiger charge is 2.56. The van der Waals surface area contributed by atoms with Crippen LogP contribution in [0.3, 0.4) is 0 Å². The average Bonchev–Trinajstić information content (AvgIpc) is 3.47. The lowest BCUT2D eigenvalue weighted by atomic mass is 9.96. The Morgan fingerprint density at radius 2 is 1.89 bits per heavy atom. The second-order valence-electron chi connectivity index (χ2n) is 7.02. The van der Waals surface area contributed by atoms with Gasteiger partial charge < -0.3 is 14.8 Å². The number of hydrogen-bond donors (Lipinski definition) is 1. The molecule has 0 aromatic heterocycles. The van der Waals surface area contributed by atoms with Gasteiger partial charge in [-0.15, -0.1) is 0 Å². The van der Waals surface area contributed by atoms with Crippen molar-refractivity contribution in [1.29, 1.82) is 0 Å². The lowest BCUT2D eigenvalue weighted by Crippen LogP contribution is -2.46. The Morgan fingerprint density at radius 3 is 2.44 bits per heavy atom. The Labute approximate surface area is 156 Å². The molecular weight excluding hydrogens is 352 g/mol. The molecule has 0 radical (unpaired) electrons. The van der Waals surface area contributed by atoms with Crippen molar-refractivity contribution in [3.8, 4) is 5.75 Å². The van der Waals surface area contributed by atoms with E-state index < -0.39 is 36.1 Å². The van der Waals surface area contributed by atoms with Crippen LogP contribution in [0.2, 0.25) is 0 Å². The van der Waals surface area contributed by atoms with Crippen LogP contribution >= 0.6 is 0 Å². The number of benzene rings is 1. The molecule has 3 amide bonds. The summed E-state index contributed by atoms with van der Waals surface area (Å²) >= 11 is 0. The minimum absolute atomic E-state index is 0.102. The van der Waals surface area contributed by atoms with Gasteiger partial charge in [0.2, 0.25) is 5.78 Å². The maximum Gasteiger partial charge on any atom is 0.326 e. The predicted octanol–water partition coefficient (Wildman–Crippen LogP) is 1.53. The van der Waals surface area contributed by atoms with Crippen LogP contribution in [0.1, 0.15) is 37.0 Å². The molecule has 1 aromatic rings. The van der Waals surface area contributed by atoms with E-state index in [4.69, 9.17) is 9.47 Å². The van der Waals surface area contributed by atoms with Gasteiger partial charge in [-0.25, -0.2) is 4.79 Å². The van der Waals surface area contributed by atoms with Crippen LogP contribution in [0.4, 0.5) is 4.79 Å². The Bertz CT molecular complexity index is 786. The first-order valence-electron chi connectivity index (χ1n) is 8.78. The Morgan fingerprint density at radius 1 is 1.26 bits per heavy atom. The van der Waals surface area contributed by atoms with Gasteiger partial charge in [0.15, 0.2) is 6.10 Å². The molecule has 1 heterocycles. The molecule has 0 unspecified atom stereocenters. The summed E-state index contributed by atoms with van der Waals surface area (Å²) in [5.74, 6) is -0.918. The molecule has 1 aliphatic heterocycles. The first-order chi connectivity index (χ1) is 12.8. The molecule has 8 heteroatoms. The number of hydrogen-bond acceptors (Lipinski definition) is 6. The SMILES string of the molecule is COc1ccc(C(=O)[C@@H](C)OC(=O)CN2C(=O)N[C@@](C)(C3CC3)C2=O)cc1. The van der Waals surface area contributed by atoms with E-state index >= 15 is 0 Å². The number of carbonyl (C=O) groups is 4. The molecule has 2 fully saturated rings. The third-order valence-corrected chi connectivity index (χ3v) is 5.03. The Balaban J connectivity index is 1.59. The van der Waals surface area contributed by atoms with Gasteiger partial charge in [0.05, 0.1) is 7.11 Å². The summed E-state index contributed by atoms with van der Waals surface area (Å²) in [6.07, 6.45) is 0.698. The summed E-state index contributed by atoms with van der Waals surface area (Å²) in [5.41, 5.74) is -0.588. The number of Topliss-reactive ketones (excluding diaryl/α,β-unsaturated/α-hetero) is 1. The van der Waals surface area contributed by atoms with Crippen molar-refractivity contribution in [1.82, 2.24) is 10.2 Å². The van der Waals surface area contributed by atoms with E-state index in [0.717, 1.165) is 17.7 Å². The summed E-state index contributed by atoms with van der Waals surface area (Å²) in [5, 5.41) is 2.66. The van der Waals surface area contributed by atoms with Crippen molar-refractivity contribution >= 4 is 23.7 Å². The fourth-order valence-corrected chi connectivity index (χ4v) is 3.20.